The van der Waals surface area contributed by atoms with E-state index in [0.29, 0.717) is 0 Å². The summed E-state index contributed by atoms with van der Waals surface area (Å²) in [6.07, 6.45) is 1.02. The Morgan fingerprint density at radius 1 is 0.944 bits per heavy atom. The zero-order valence-corrected chi connectivity index (χ0v) is 11.1. The highest BCUT2D eigenvalue weighted by Crippen LogP contribution is 2.20. The van der Waals surface area contributed by atoms with E-state index < -0.39 is 0 Å². The fourth-order valence-corrected chi connectivity index (χ4v) is 1.82. The second-order valence-corrected chi connectivity index (χ2v) is 4.12. The van der Waals surface area contributed by atoms with E-state index in [1.165, 1.54) is 17.7 Å². The number of benzene rings is 2. The molecular formula is C15H17ClFN. The molecule has 3 heteroatoms. The Bertz CT molecular complexity index is 479. The number of aryl methyl sites for hydroxylation is 1. The third-order valence-electron chi connectivity index (χ3n) is 2.98. The van der Waals surface area contributed by atoms with E-state index in [4.69, 9.17) is 5.73 Å². The van der Waals surface area contributed by atoms with Crippen LogP contribution in [0.3, 0.4) is 0 Å². The molecule has 0 radical (unpaired) electrons. The Morgan fingerprint density at radius 2 is 1.39 bits per heavy atom. The van der Waals surface area contributed by atoms with Crippen LogP contribution < -0.4 is 5.73 Å². The van der Waals surface area contributed by atoms with Crippen molar-refractivity contribution in [3.8, 4) is 0 Å². The minimum atomic E-state index is -0.234. The van der Waals surface area contributed by atoms with E-state index >= 15 is 0 Å². The molecule has 1 unspecified atom stereocenters. The maximum atomic E-state index is 12.8. The Kier molecular flexibility index (Phi) is 5.32. The Hall–Kier alpha value is -1.38. The molecule has 0 saturated heterocycles. The van der Waals surface area contributed by atoms with Crippen LogP contribution in [0.2, 0.25) is 0 Å². The van der Waals surface area contributed by atoms with Gasteiger partial charge < -0.3 is 5.73 Å². The molecule has 0 fully saturated rings. The lowest BCUT2D eigenvalue weighted by Crippen LogP contribution is -2.11. The van der Waals surface area contributed by atoms with Gasteiger partial charge in [0.1, 0.15) is 5.82 Å². The Morgan fingerprint density at radius 3 is 1.83 bits per heavy atom. The van der Waals surface area contributed by atoms with Gasteiger partial charge in [-0.2, -0.15) is 0 Å². The van der Waals surface area contributed by atoms with Gasteiger partial charge in [0.15, 0.2) is 0 Å². The van der Waals surface area contributed by atoms with E-state index in [2.05, 4.69) is 19.1 Å². The highest BCUT2D eigenvalue weighted by atomic mass is 35.5. The van der Waals surface area contributed by atoms with Crippen LogP contribution in [0.25, 0.3) is 0 Å². The summed E-state index contributed by atoms with van der Waals surface area (Å²) in [5, 5.41) is 0. The molecule has 2 N–H and O–H groups in total. The van der Waals surface area contributed by atoms with Gasteiger partial charge >= 0.3 is 0 Å². The fraction of sp³-hybridized carbons (Fsp3) is 0.200. The van der Waals surface area contributed by atoms with E-state index in [1.54, 1.807) is 12.1 Å². The maximum absolute atomic E-state index is 12.8. The van der Waals surface area contributed by atoms with Gasteiger partial charge in [0.25, 0.3) is 0 Å². The predicted molar refractivity (Wildman–Crippen MR) is 75.5 cm³/mol. The number of nitrogens with two attached hydrogens (primary N) is 1. The molecular weight excluding hydrogens is 249 g/mol. The van der Waals surface area contributed by atoms with Crippen LogP contribution in [0.5, 0.6) is 0 Å². The third-order valence-corrected chi connectivity index (χ3v) is 2.98. The van der Waals surface area contributed by atoms with Gasteiger partial charge in [-0.05, 0) is 35.2 Å². The summed E-state index contributed by atoms with van der Waals surface area (Å²) in [6.45, 7) is 2.12. The van der Waals surface area contributed by atoms with Gasteiger partial charge in [-0.25, -0.2) is 4.39 Å². The van der Waals surface area contributed by atoms with Gasteiger partial charge in [-0.1, -0.05) is 43.3 Å². The van der Waals surface area contributed by atoms with Crippen LogP contribution in [0.15, 0.2) is 48.5 Å². The second-order valence-electron chi connectivity index (χ2n) is 4.12. The molecule has 18 heavy (non-hydrogen) atoms. The lowest BCUT2D eigenvalue weighted by molar-refractivity contribution is 0.626. The molecule has 96 valence electrons. The lowest BCUT2D eigenvalue weighted by Gasteiger charge is -2.13. The topological polar surface area (TPSA) is 26.0 Å². The molecule has 0 heterocycles. The molecule has 2 rings (SSSR count). The summed E-state index contributed by atoms with van der Waals surface area (Å²) in [7, 11) is 0. The fourth-order valence-electron chi connectivity index (χ4n) is 1.82. The zero-order chi connectivity index (χ0) is 12.3. The van der Waals surface area contributed by atoms with E-state index in [-0.39, 0.29) is 24.3 Å². The van der Waals surface area contributed by atoms with Crippen LogP contribution in [-0.4, -0.2) is 0 Å². The van der Waals surface area contributed by atoms with Crippen molar-refractivity contribution in [2.75, 3.05) is 0 Å². The monoisotopic (exact) mass is 265 g/mol. The van der Waals surface area contributed by atoms with Crippen molar-refractivity contribution in [2.45, 2.75) is 19.4 Å². The first kappa shape index (κ1) is 14.7. The molecule has 0 aliphatic heterocycles. The van der Waals surface area contributed by atoms with Gasteiger partial charge in [0.05, 0.1) is 6.04 Å². The van der Waals surface area contributed by atoms with Gasteiger partial charge in [0.2, 0.25) is 0 Å². The first-order valence-electron chi connectivity index (χ1n) is 5.80. The van der Waals surface area contributed by atoms with Crippen molar-refractivity contribution in [2.24, 2.45) is 5.73 Å². The minimum Gasteiger partial charge on any atom is -0.320 e. The molecule has 2 aromatic rings. The molecule has 2 aromatic carbocycles. The summed E-state index contributed by atoms with van der Waals surface area (Å²) >= 11 is 0. The molecule has 0 spiro atoms. The highest BCUT2D eigenvalue weighted by molar-refractivity contribution is 5.85. The van der Waals surface area contributed by atoms with Crippen LogP contribution in [0.4, 0.5) is 4.39 Å². The maximum Gasteiger partial charge on any atom is 0.123 e. The van der Waals surface area contributed by atoms with Crippen LogP contribution >= 0.6 is 12.4 Å². The largest absolute Gasteiger partial charge is 0.320 e. The van der Waals surface area contributed by atoms with Crippen molar-refractivity contribution >= 4 is 12.4 Å². The van der Waals surface area contributed by atoms with Crippen molar-refractivity contribution in [3.05, 3.63) is 71.0 Å². The van der Waals surface area contributed by atoms with Crippen LogP contribution in [0.1, 0.15) is 29.7 Å². The quantitative estimate of drug-likeness (QED) is 0.896. The number of hydrogen-bond acceptors (Lipinski definition) is 1. The minimum absolute atomic E-state index is 0. The molecule has 0 bridgehead atoms. The number of rotatable bonds is 3. The van der Waals surface area contributed by atoms with E-state index in [9.17, 15) is 4.39 Å². The van der Waals surface area contributed by atoms with Crippen molar-refractivity contribution in [3.63, 3.8) is 0 Å². The summed E-state index contributed by atoms with van der Waals surface area (Å²) in [4.78, 5) is 0. The molecule has 0 aliphatic carbocycles. The standard InChI is InChI=1S/C15H16FN.ClH/c1-2-11-3-5-12(6-4-11)15(17)13-7-9-14(16)10-8-13;/h3-10,15H,2,17H2,1H3;1H. The average Bonchev–Trinajstić information content (AvgIpc) is 2.39. The van der Waals surface area contributed by atoms with E-state index in [1.807, 2.05) is 12.1 Å². The summed E-state index contributed by atoms with van der Waals surface area (Å²) in [6, 6.07) is 14.4. The predicted octanol–water partition coefficient (Wildman–Crippen LogP) is 3.86. The van der Waals surface area contributed by atoms with Crippen molar-refractivity contribution < 1.29 is 4.39 Å². The first-order valence-corrected chi connectivity index (χ1v) is 5.80. The normalized spacial score (nSPS) is 11.7. The van der Waals surface area contributed by atoms with E-state index in [0.717, 1.165) is 17.5 Å². The smallest absolute Gasteiger partial charge is 0.123 e. The summed E-state index contributed by atoms with van der Waals surface area (Å²) in [5.74, 6) is -0.234. The van der Waals surface area contributed by atoms with Gasteiger partial charge in [-0.15, -0.1) is 12.4 Å². The average molecular weight is 266 g/mol. The second kappa shape index (κ2) is 6.53. The first-order chi connectivity index (χ1) is 8.20. The zero-order valence-electron chi connectivity index (χ0n) is 10.3. The number of hydrogen-bond donors (Lipinski definition) is 1. The van der Waals surface area contributed by atoms with Crippen LogP contribution in [0, 0.1) is 5.82 Å². The molecule has 1 nitrogen and oxygen atoms in total. The van der Waals surface area contributed by atoms with Crippen molar-refractivity contribution in [1.29, 1.82) is 0 Å². The van der Waals surface area contributed by atoms with Crippen molar-refractivity contribution in [1.82, 2.24) is 0 Å². The molecule has 0 aromatic heterocycles. The van der Waals surface area contributed by atoms with Crippen LogP contribution in [-0.2, 0) is 6.42 Å². The SMILES string of the molecule is CCc1ccc(C(N)c2ccc(F)cc2)cc1.Cl. The number of halogens is 2. The third kappa shape index (κ3) is 3.31. The molecule has 1 atom stereocenters. The summed E-state index contributed by atoms with van der Waals surface area (Å²) < 4.78 is 12.8. The molecule has 0 saturated carbocycles. The highest BCUT2D eigenvalue weighted by Gasteiger charge is 2.08. The molecule has 0 aliphatic rings. The Labute approximate surface area is 113 Å². The van der Waals surface area contributed by atoms with Gasteiger partial charge in [-0.3, -0.25) is 0 Å². The van der Waals surface area contributed by atoms with Gasteiger partial charge in [0, 0.05) is 0 Å². The molecule has 0 amide bonds. The summed E-state index contributed by atoms with van der Waals surface area (Å²) in [5.41, 5.74) is 9.40. The Balaban J connectivity index is 0.00000162. The lowest BCUT2D eigenvalue weighted by atomic mass is 9.98.